The highest BCUT2D eigenvalue weighted by atomic mass is 16.5. The lowest BCUT2D eigenvalue weighted by Gasteiger charge is -2.12. The lowest BCUT2D eigenvalue weighted by atomic mass is 10.1. The maximum atomic E-state index is 13.1. The van der Waals surface area contributed by atoms with Gasteiger partial charge in [-0.1, -0.05) is 54.6 Å². The maximum absolute atomic E-state index is 13.1. The summed E-state index contributed by atoms with van der Waals surface area (Å²) in [7, 11) is 1.62. The lowest BCUT2D eigenvalue weighted by molar-refractivity contribution is -0.117. The lowest BCUT2D eigenvalue weighted by Crippen LogP contribution is -2.35. The molecule has 0 bridgehead atoms. The molecule has 0 saturated heterocycles. The summed E-state index contributed by atoms with van der Waals surface area (Å²) in [4.78, 5) is 29.0. The highest BCUT2D eigenvalue weighted by Gasteiger charge is 2.15. The van der Waals surface area contributed by atoms with Crippen molar-refractivity contribution in [1.82, 2.24) is 15.6 Å². The summed E-state index contributed by atoms with van der Waals surface area (Å²) >= 11 is 0. The molecule has 0 aliphatic rings. The van der Waals surface area contributed by atoms with Gasteiger partial charge >= 0.3 is 0 Å². The van der Waals surface area contributed by atoms with Crippen LogP contribution in [0.1, 0.15) is 21.5 Å². The van der Waals surface area contributed by atoms with Crippen LogP contribution in [0.4, 0.5) is 0 Å². The highest BCUT2D eigenvalue weighted by molar-refractivity contribution is 6.06. The van der Waals surface area contributed by atoms with E-state index in [1.165, 1.54) is 0 Å². The molecule has 6 nitrogen and oxygen atoms in total. The number of ether oxygens (including phenoxy) is 1. The van der Waals surface area contributed by atoms with Crippen molar-refractivity contribution in [3.8, 4) is 5.75 Å². The van der Waals surface area contributed by atoms with E-state index in [0.29, 0.717) is 18.5 Å². The molecule has 0 saturated carbocycles. The van der Waals surface area contributed by atoms with Gasteiger partial charge in [-0.05, 0) is 42.3 Å². The minimum Gasteiger partial charge on any atom is -0.496 e. The van der Waals surface area contributed by atoms with Crippen LogP contribution < -0.4 is 15.4 Å². The van der Waals surface area contributed by atoms with Crippen molar-refractivity contribution in [2.45, 2.75) is 6.42 Å². The van der Waals surface area contributed by atoms with E-state index >= 15 is 0 Å². The molecule has 0 aliphatic carbocycles. The van der Waals surface area contributed by atoms with Crippen LogP contribution in [-0.4, -0.2) is 30.5 Å². The Morgan fingerprint density at radius 1 is 0.939 bits per heavy atom. The summed E-state index contributed by atoms with van der Waals surface area (Å²) < 4.78 is 5.38. The predicted octanol–water partition coefficient (Wildman–Crippen LogP) is 4.31. The van der Waals surface area contributed by atoms with Crippen LogP contribution in [0.2, 0.25) is 0 Å². The van der Waals surface area contributed by atoms with Gasteiger partial charge in [-0.25, -0.2) is 0 Å². The van der Waals surface area contributed by atoms with Gasteiger partial charge < -0.3 is 20.4 Å². The van der Waals surface area contributed by atoms with Gasteiger partial charge in [0, 0.05) is 34.8 Å². The van der Waals surface area contributed by atoms with Crippen molar-refractivity contribution in [3.63, 3.8) is 0 Å². The molecule has 0 spiro atoms. The van der Waals surface area contributed by atoms with Gasteiger partial charge in [0.1, 0.15) is 11.4 Å². The molecule has 1 aromatic heterocycles. The normalized spacial score (nSPS) is 11.2. The van der Waals surface area contributed by atoms with Crippen molar-refractivity contribution in [2.24, 2.45) is 0 Å². The van der Waals surface area contributed by atoms with Gasteiger partial charge in [0.25, 0.3) is 11.8 Å². The Morgan fingerprint density at radius 3 is 2.48 bits per heavy atom. The van der Waals surface area contributed by atoms with Gasteiger partial charge in [-0.15, -0.1) is 0 Å². The SMILES string of the molecule is COc1ccccc1CCNC(=O)/C(=C\c1c[nH]c2ccccc12)NC(=O)c1ccccc1. The van der Waals surface area contributed by atoms with Gasteiger partial charge in [0.2, 0.25) is 0 Å². The van der Waals surface area contributed by atoms with E-state index in [4.69, 9.17) is 4.74 Å². The molecule has 3 N–H and O–H groups in total. The predicted molar refractivity (Wildman–Crippen MR) is 130 cm³/mol. The fraction of sp³-hybridized carbons (Fsp3) is 0.111. The molecule has 2 amide bonds. The zero-order valence-electron chi connectivity index (χ0n) is 18.3. The molecule has 33 heavy (non-hydrogen) atoms. The number of rotatable bonds is 8. The molecule has 4 aromatic rings. The van der Waals surface area contributed by atoms with Crippen molar-refractivity contribution >= 4 is 28.8 Å². The summed E-state index contributed by atoms with van der Waals surface area (Å²) in [6.45, 7) is 0.394. The standard InChI is InChI=1S/C27H25N3O3/c1-33-25-14-8-5-9-19(25)15-16-28-27(32)24(30-26(31)20-10-3-2-4-11-20)17-21-18-29-23-13-7-6-12-22(21)23/h2-14,17-18,29H,15-16H2,1H3,(H,28,32)(H,30,31)/b24-17+. The number of carbonyl (C=O) groups excluding carboxylic acids is 2. The first-order valence-corrected chi connectivity index (χ1v) is 10.7. The molecule has 4 rings (SSSR count). The Labute approximate surface area is 192 Å². The van der Waals surface area contributed by atoms with E-state index in [2.05, 4.69) is 15.6 Å². The quantitative estimate of drug-likeness (QED) is 0.358. The molecule has 0 radical (unpaired) electrons. The van der Waals surface area contributed by atoms with Crippen molar-refractivity contribution in [3.05, 3.63) is 107 Å². The Morgan fingerprint density at radius 2 is 1.67 bits per heavy atom. The summed E-state index contributed by atoms with van der Waals surface area (Å²) in [6.07, 6.45) is 4.11. The number of benzene rings is 3. The molecule has 1 heterocycles. The first kappa shape index (κ1) is 21.9. The topological polar surface area (TPSA) is 83.2 Å². The van der Waals surface area contributed by atoms with E-state index in [-0.39, 0.29) is 17.5 Å². The summed E-state index contributed by atoms with van der Waals surface area (Å²) in [5.74, 6) is 0.0692. The Hall–Kier alpha value is -4.32. The van der Waals surface area contributed by atoms with E-state index in [1.807, 2.05) is 60.8 Å². The number of aromatic nitrogens is 1. The van der Waals surface area contributed by atoms with Crippen LogP contribution in [0, 0.1) is 0 Å². The number of nitrogens with one attached hydrogen (secondary N) is 3. The average Bonchev–Trinajstić information content (AvgIpc) is 3.27. The van der Waals surface area contributed by atoms with Crippen LogP contribution in [0.5, 0.6) is 5.75 Å². The van der Waals surface area contributed by atoms with Gasteiger partial charge in [-0.3, -0.25) is 9.59 Å². The van der Waals surface area contributed by atoms with E-state index in [9.17, 15) is 9.59 Å². The third kappa shape index (κ3) is 5.30. The van der Waals surface area contributed by atoms with Crippen LogP contribution in [0.25, 0.3) is 17.0 Å². The number of hydrogen-bond acceptors (Lipinski definition) is 3. The number of methoxy groups -OCH3 is 1. The smallest absolute Gasteiger partial charge is 0.267 e. The molecule has 0 atom stereocenters. The molecule has 6 heteroatoms. The summed E-state index contributed by atoms with van der Waals surface area (Å²) in [5.41, 5.74) is 3.41. The van der Waals surface area contributed by atoms with Gasteiger partial charge in [-0.2, -0.15) is 0 Å². The maximum Gasteiger partial charge on any atom is 0.267 e. The number of H-pyrrole nitrogens is 1. The zero-order chi connectivity index (χ0) is 23.0. The number of amides is 2. The number of hydrogen-bond donors (Lipinski definition) is 3. The largest absolute Gasteiger partial charge is 0.496 e. The molecule has 0 aliphatic heterocycles. The number of carbonyl (C=O) groups is 2. The minimum atomic E-state index is -0.362. The molecular weight excluding hydrogens is 414 g/mol. The Balaban J connectivity index is 1.55. The second kappa shape index (κ2) is 10.3. The first-order chi connectivity index (χ1) is 16.2. The minimum absolute atomic E-state index is 0.175. The fourth-order valence-corrected chi connectivity index (χ4v) is 3.63. The molecular formula is C27H25N3O3. The number of aromatic amines is 1. The number of fused-ring (bicyclic) bond motifs is 1. The molecule has 166 valence electrons. The van der Waals surface area contributed by atoms with Crippen LogP contribution >= 0.6 is 0 Å². The van der Waals surface area contributed by atoms with E-state index < -0.39 is 0 Å². The van der Waals surface area contributed by atoms with Crippen molar-refractivity contribution < 1.29 is 14.3 Å². The third-order valence-electron chi connectivity index (χ3n) is 5.32. The van der Waals surface area contributed by atoms with Gasteiger partial charge in [0.15, 0.2) is 0 Å². The second-order valence-electron chi connectivity index (χ2n) is 7.49. The van der Waals surface area contributed by atoms with E-state index in [1.54, 1.807) is 37.5 Å². The summed E-state index contributed by atoms with van der Waals surface area (Å²) in [5, 5.41) is 6.65. The third-order valence-corrected chi connectivity index (χ3v) is 5.32. The highest BCUT2D eigenvalue weighted by Crippen LogP contribution is 2.20. The Kier molecular flexibility index (Phi) is 6.85. The zero-order valence-corrected chi connectivity index (χ0v) is 18.3. The van der Waals surface area contributed by atoms with Crippen molar-refractivity contribution in [1.29, 1.82) is 0 Å². The van der Waals surface area contributed by atoms with Crippen LogP contribution in [0.15, 0.2) is 90.8 Å². The Bertz CT molecular complexity index is 1290. The van der Waals surface area contributed by atoms with Crippen LogP contribution in [-0.2, 0) is 11.2 Å². The number of para-hydroxylation sites is 2. The van der Waals surface area contributed by atoms with Crippen molar-refractivity contribution in [2.75, 3.05) is 13.7 Å². The fourth-order valence-electron chi connectivity index (χ4n) is 3.63. The molecule has 3 aromatic carbocycles. The van der Waals surface area contributed by atoms with Gasteiger partial charge in [0.05, 0.1) is 7.11 Å². The molecule has 0 unspecified atom stereocenters. The second-order valence-corrected chi connectivity index (χ2v) is 7.49. The molecule has 0 fully saturated rings. The first-order valence-electron chi connectivity index (χ1n) is 10.7. The monoisotopic (exact) mass is 439 g/mol. The van der Waals surface area contributed by atoms with E-state index in [0.717, 1.165) is 27.8 Å². The summed E-state index contributed by atoms with van der Waals surface area (Å²) in [6, 6.07) is 24.3. The average molecular weight is 440 g/mol. The van der Waals surface area contributed by atoms with Crippen LogP contribution in [0.3, 0.4) is 0 Å².